The van der Waals surface area contributed by atoms with Crippen LogP contribution in [0.5, 0.6) is 0 Å². The van der Waals surface area contributed by atoms with Gasteiger partial charge in [0.15, 0.2) is 0 Å². The second-order valence-corrected chi connectivity index (χ2v) is 8.44. The van der Waals surface area contributed by atoms with E-state index >= 15 is 0 Å². The highest BCUT2D eigenvalue weighted by atomic mass is 35.5. The molecular weight excluding hydrogens is 354 g/mol. The van der Waals surface area contributed by atoms with E-state index in [0.717, 1.165) is 18.4 Å². The van der Waals surface area contributed by atoms with E-state index in [1.807, 2.05) is 18.2 Å². The summed E-state index contributed by atoms with van der Waals surface area (Å²) in [6.07, 6.45) is 1.26. The summed E-state index contributed by atoms with van der Waals surface area (Å²) in [7, 11) is 0. The van der Waals surface area contributed by atoms with Crippen LogP contribution in [0.3, 0.4) is 0 Å². The number of ether oxygens (including phenoxy) is 2. The number of alkyl carbamates (subject to hydrolysis) is 1. The van der Waals surface area contributed by atoms with Crippen molar-refractivity contribution in [1.29, 1.82) is 0 Å². The molecule has 0 aromatic heterocycles. The third kappa shape index (κ3) is 5.13. The van der Waals surface area contributed by atoms with Crippen molar-refractivity contribution in [2.24, 2.45) is 5.41 Å². The maximum atomic E-state index is 12.7. The van der Waals surface area contributed by atoms with Crippen LogP contribution < -0.4 is 5.32 Å². The van der Waals surface area contributed by atoms with Crippen LogP contribution in [-0.4, -0.2) is 30.3 Å². The van der Waals surface area contributed by atoms with Gasteiger partial charge in [0.25, 0.3) is 0 Å². The molecule has 0 heterocycles. The lowest BCUT2D eigenvalue weighted by molar-refractivity contribution is -0.146. The monoisotopic (exact) mass is 381 g/mol. The molecule has 1 aliphatic rings. The van der Waals surface area contributed by atoms with Crippen LogP contribution in [0.2, 0.25) is 5.02 Å². The van der Waals surface area contributed by atoms with E-state index in [-0.39, 0.29) is 17.9 Å². The highest BCUT2D eigenvalue weighted by molar-refractivity contribution is 6.31. The Bertz CT molecular complexity index is 664. The summed E-state index contributed by atoms with van der Waals surface area (Å²) < 4.78 is 10.6. The van der Waals surface area contributed by atoms with Crippen LogP contribution in [0.1, 0.15) is 58.9 Å². The summed E-state index contributed by atoms with van der Waals surface area (Å²) >= 11 is 6.43. The van der Waals surface area contributed by atoms with Gasteiger partial charge in [-0.05, 0) is 57.6 Å². The summed E-state index contributed by atoms with van der Waals surface area (Å²) in [4.78, 5) is 25.1. The Labute approximate surface area is 160 Å². The molecule has 1 saturated carbocycles. The van der Waals surface area contributed by atoms with Gasteiger partial charge in [-0.2, -0.15) is 0 Å². The molecule has 2 atom stereocenters. The molecule has 0 bridgehead atoms. The van der Waals surface area contributed by atoms with Crippen LogP contribution >= 0.6 is 11.6 Å². The zero-order chi connectivity index (χ0) is 19.5. The largest absolute Gasteiger partial charge is 0.464 e. The number of hydrogen-bond donors (Lipinski definition) is 1. The number of amides is 1. The maximum Gasteiger partial charge on any atom is 0.408 e. The van der Waals surface area contributed by atoms with Crippen molar-refractivity contribution in [1.82, 2.24) is 5.32 Å². The Morgan fingerprint density at radius 1 is 1.27 bits per heavy atom. The SMILES string of the molecule is CCOC(=O)C(NC(=O)OC(C)(C)C)C(c1ccccc1Cl)C1(C)CC1. The zero-order valence-corrected chi connectivity index (χ0v) is 16.9. The Morgan fingerprint density at radius 3 is 2.38 bits per heavy atom. The van der Waals surface area contributed by atoms with Crippen LogP contribution in [0.15, 0.2) is 24.3 Å². The lowest BCUT2D eigenvalue weighted by atomic mass is 9.79. The number of nitrogens with one attached hydrogen (secondary N) is 1. The first-order chi connectivity index (χ1) is 12.1. The molecule has 26 heavy (non-hydrogen) atoms. The highest BCUT2D eigenvalue weighted by Crippen LogP contribution is 2.58. The lowest BCUT2D eigenvalue weighted by Gasteiger charge is -2.32. The van der Waals surface area contributed by atoms with E-state index in [9.17, 15) is 9.59 Å². The number of carbonyl (C=O) groups is 2. The molecule has 6 heteroatoms. The van der Waals surface area contributed by atoms with E-state index in [4.69, 9.17) is 21.1 Å². The summed E-state index contributed by atoms with van der Waals surface area (Å²) in [5.74, 6) is -0.765. The van der Waals surface area contributed by atoms with Gasteiger partial charge >= 0.3 is 12.1 Å². The maximum absolute atomic E-state index is 12.7. The normalized spacial score (nSPS) is 17.8. The summed E-state index contributed by atoms with van der Waals surface area (Å²) in [6.45, 7) is 9.41. The van der Waals surface area contributed by atoms with Crippen molar-refractivity contribution in [3.63, 3.8) is 0 Å². The average molecular weight is 382 g/mol. The van der Waals surface area contributed by atoms with Crippen LogP contribution in [-0.2, 0) is 14.3 Å². The van der Waals surface area contributed by atoms with Gasteiger partial charge in [0.2, 0.25) is 0 Å². The molecule has 1 amide bonds. The molecule has 0 aliphatic heterocycles. The first-order valence-electron chi connectivity index (χ1n) is 8.98. The molecule has 0 radical (unpaired) electrons. The predicted molar refractivity (Wildman–Crippen MR) is 101 cm³/mol. The van der Waals surface area contributed by atoms with E-state index < -0.39 is 23.7 Å². The summed E-state index contributed by atoms with van der Waals surface area (Å²) in [5.41, 5.74) is 0.0488. The number of benzene rings is 1. The minimum Gasteiger partial charge on any atom is -0.464 e. The number of rotatable bonds is 6. The second kappa shape index (κ2) is 7.87. The first-order valence-corrected chi connectivity index (χ1v) is 9.36. The van der Waals surface area contributed by atoms with Crippen molar-refractivity contribution in [2.75, 3.05) is 6.61 Å². The molecular formula is C20H28ClNO4. The Kier molecular flexibility index (Phi) is 6.22. The quantitative estimate of drug-likeness (QED) is 0.726. The zero-order valence-electron chi connectivity index (χ0n) is 16.1. The minimum absolute atomic E-state index is 0.128. The van der Waals surface area contributed by atoms with Gasteiger partial charge in [0, 0.05) is 10.9 Å². The third-order valence-electron chi connectivity index (χ3n) is 4.58. The molecule has 2 rings (SSSR count). The van der Waals surface area contributed by atoms with Crippen LogP contribution in [0.4, 0.5) is 4.79 Å². The fourth-order valence-corrected chi connectivity index (χ4v) is 3.39. The van der Waals surface area contributed by atoms with E-state index in [1.54, 1.807) is 33.8 Å². The minimum atomic E-state index is -0.864. The Balaban J connectivity index is 2.38. The molecule has 0 saturated heterocycles. The molecule has 1 aromatic carbocycles. The average Bonchev–Trinajstić information content (AvgIpc) is 3.25. The molecule has 1 aromatic rings. The topological polar surface area (TPSA) is 64.6 Å². The van der Waals surface area contributed by atoms with Crippen molar-refractivity contribution in [3.05, 3.63) is 34.9 Å². The van der Waals surface area contributed by atoms with Gasteiger partial charge in [-0.25, -0.2) is 9.59 Å². The van der Waals surface area contributed by atoms with Crippen molar-refractivity contribution in [3.8, 4) is 0 Å². The first kappa shape index (κ1) is 20.6. The van der Waals surface area contributed by atoms with E-state index in [0.29, 0.717) is 5.02 Å². The van der Waals surface area contributed by atoms with E-state index in [1.165, 1.54) is 0 Å². The Hall–Kier alpha value is -1.75. The second-order valence-electron chi connectivity index (χ2n) is 8.03. The molecule has 2 unspecified atom stereocenters. The molecule has 1 N–H and O–H groups in total. The van der Waals surface area contributed by atoms with Crippen molar-refractivity contribution in [2.45, 2.75) is 65.0 Å². The van der Waals surface area contributed by atoms with Gasteiger partial charge in [0.05, 0.1) is 6.61 Å². The molecule has 0 spiro atoms. The number of hydrogen-bond acceptors (Lipinski definition) is 4. The Morgan fingerprint density at radius 2 is 1.88 bits per heavy atom. The summed E-state index contributed by atoms with van der Waals surface area (Å²) in [6, 6.07) is 6.57. The smallest absolute Gasteiger partial charge is 0.408 e. The molecule has 1 aliphatic carbocycles. The van der Waals surface area contributed by atoms with Crippen molar-refractivity contribution >= 4 is 23.7 Å². The van der Waals surface area contributed by atoms with Crippen LogP contribution in [0, 0.1) is 5.41 Å². The van der Waals surface area contributed by atoms with Gasteiger partial charge < -0.3 is 14.8 Å². The molecule has 5 nitrogen and oxygen atoms in total. The highest BCUT2D eigenvalue weighted by Gasteiger charge is 2.52. The van der Waals surface area contributed by atoms with Gasteiger partial charge in [-0.3, -0.25) is 0 Å². The van der Waals surface area contributed by atoms with Gasteiger partial charge in [-0.1, -0.05) is 36.7 Å². The predicted octanol–water partition coefficient (Wildman–Crippen LogP) is 4.68. The lowest BCUT2D eigenvalue weighted by Crippen LogP contribution is -2.49. The fourth-order valence-electron chi connectivity index (χ4n) is 3.14. The van der Waals surface area contributed by atoms with Gasteiger partial charge in [-0.15, -0.1) is 0 Å². The number of halogens is 1. The fraction of sp³-hybridized carbons (Fsp3) is 0.600. The summed E-state index contributed by atoms with van der Waals surface area (Å²) in [5, 5.41) is 3.31. The van der Waals surface area contributed by atoms with Gasteiger partial charge in [0.1, 0.15) is 11.6 Å². The molecule has 1 fully saturated rings. The standard InChI is InChI=1S/C20H28ClNO4/c1-6-25-17(23)16(22-18(24)26-19(2,3)4)15(20(5)11-12-20)13-9-7-8-10-14(13)21/h7-10,15-16H,6,11-12H2,1-5H3,(H,22,24). The number of esters is 1. The number of carbonyl (C=O) groups excluding carboxylic acids is 2. The third-order valence-corrected chi connectivity index (χ3v) is 4.92. The van der Waals surface area contributed by atoms with Crippen LogP contribution in [0.25, 0.3) is 0 Å². The van der Waals surface area contributed by atoms with Crippen molar-refractivity contribution < 1.29 is 19.1 Å². The molecule has 144 valence electrons. The van der Waals surface area contributed by atoms with E-state index in [2.05, 4.69) is 12.2 Å².